The van der Waals surface area contributed by atoms with Crippen LogP contribution in [0.4, 0.5) is 0 Å². The third kappa shape index (κ3) is 5.82. The number of carbonyl (C=O) groups is 1. The van der Waals surface area contributed by atoms with Crippen molar-refractivity contribution < 1.29 is 4.79 Å². The van der Waals surface area contributed by atoms with Gasteiger partial charge in [-0.3, -0.25) is 14.2 Å². The zero-order valence-electron chi connectivity index (χ0n) is 15.8. The van der Waals surface area contributed by atoms with Crippen LogP contribution in [0.15, 0.2) is 76.7 Å². The fourth-order valence-corrected chi connectivity index (χ4v) is 3.77. The van der Waals surface area contributed by atoms with Crippen molar-refractivity contribution in [3.63, 3.8) is 0 Å². The van der Waals surface area contributed by atoms with Crippen LogP contribution in [-0.4, -0.2) is 22.0 Å². The summed E-state index contributed by atoms with van der Waals surface area (Å²) in [6.07, 6.45) is 0.753. The minimum Gasteiger partial charge on any atom is -0.354 e. The number of benzene rings is 2. The molecule has 3 aromatic rings. The summed E-state index contributed by atoms with van der Waals surface area (Å²) < 4.78 is 1.44. The van der Waals surface area contributed by atoms with E-state index < -0.39 is 0 Å². The second kappa shape index (κ2) is 9.90. The maximum absolute atomic E-state index is 12.4. The predicted molar refractivity (Wildman–Crippen MR) is 112 cm³/mol. The molecule has 0 fully saturated rings. The van der Waals surface area contributed by atoms with Crippen LogP contribution in [0.5, 0.6) is 0 Å². The zero-order chi connectivity index (χ0) is 19.8. The van der Waals surface area contributed by atoms with Crippen molar-refractivity contribution in [1.29, 1.82) is 0 Å². The molecule has 0 aliphatic rings. The van der Waals surface area contributed by atoms with E-state index in [0.717, 1.165) is 17.5 Å². The fraction of sp³-hybridized carbons (Fsp3) is 0.227. The first-order valence-corrected chi connectivity index (χ1v) is 10.2. The third-order valence-electron chi connectivity index (χ3n) is 4.19. The van der Waals surface area contributed by atoms with Crippen molar-refractivity contribution in [2.24, 2.45) is 0 Å². The number of carbonyl (C=O) groups excluding carboxylic acids is 1. The average Bonchev–Trinajstić information content (AvgIpc) is 2.70. The molecule has 0 saturated heterocycles. The fourth-order valence-electron chi connectivity index (χ4n) is 2.76. The van der Waals surface area contributed by atoms with Gasteiger partial charge in [0.25, 0.3) is 5.56 Å². The van der Waals surface area contributed by atoms with E-state index in [9.17, 15) is 9.59 Å². The first-order chi connectivity index (χ1) is 13.6. The largest absolute Gasteiger partial charge is 0.354 e. The Hall–Kier alpha value is -2.86. The van der Waals surface area contributed by atoms with Crippen LogP contribution in [0, 0.1) is 6.92 Å². The van der Waals surface area contributed by atoms with Crippen molar-refractivity contribution >= 4 is 17.7 Å². The molecule has 0 aliphatic heterocycles. The second-order valence-electron chi connectivity index (χ2n) is 6.46. The summed E-state index contributed by atoms with van der Waals surface area (Å²) >= 11 is 1.46. The maximum atomic E-state index is 12.4. The lowest BCUT2D eigenvalue weighted by Gasteiger charge is -2.12. The van der Waals surface area contributed by atoms with Gasteiger partial charge in [0.05, 0.1) is 0 Å². The number of hydrogen-bond donors (Lipinski definition) is 1. The number of amides is 1. The Morgan fingerprint density at radius 1 is 1.04 bits per heavy atom. The van der Waals surface area contributed by atoms with E-state index in [4.69, 9.17) is 0 Å². The second-order valence-corrected chi connectivity index (χ2v) is 7.41. The number of aromatic nitrogens is 2. The molecule has 0 bridgehead atoms. The van der Waals surface area contributed by atoms with Crippen molar-refractivity contribution in [3.05, 3.63) is 93.9 Å². The van der Waals surface area contributed by atoms with E-state index in [2.05, 4.69) is 10.3 Å². The van der Waals surface area contributed by atoms with Gasteiger partial charge in [-0.2, -0.15) is 0 Å². The smallest absolute Gasteiger partial charge is 0.254 e. The molecule has 28 heavy (non-hydrogen) atoms. The average molecular weight is 394 g/mol. The number of aryl methyl sites for hydroxylation is 1. The first kappa shape index (κ1) is 19.9. The predicted octanol–water partition coefficient (Wildman–Crippen LogP) is 3.20. The van der Waals surface area contributed by atoms with Crippen LogP contribution < -0.4 is 10.9 Å². The number of hydrogen-bond acceptors (Lipinski definition) is 4. The van der Waals surface area contributed by atoms with Gasteiger partial charge in [0, 0.05) is 24.1 Å². The summed E-state index contributed by atoms with van der Waals surface area (Å²) in [6, 6.07) is 21.4. The summed E-state index contributed by atoms with van der Waals surface area (Å²) in [5.41, 5.74) is 2.75. The van der Waals surface area contributed by atoms with Gasteiger partial charge in [-0.05, 0) is 24.5 Å². The molecule has 1 aromatic heterocycles. The van der Waals surface area contributed by atoms with Gasteiger partial charge in [-0.1, -0.05) is 72.4 Å². The van der Waals surface area contributed by atoms with Gasteiger partial charge in [0.2, 0.25) is 5.91 Å². The topological polar surface area (TPSA) is 64.0 Å². The summed E-state index contributed by atoms with van der Waals surface area (Å²) in [5, 5.41) is 3.45. The van der Waals surface area contributed by atoms with Crippen LogP contribution in [0.25, 0.3) is 0 Å². The molecule has 0 atom stereocenters. The molecule has 0 aliphatic carbocycles. The van der Waals surface area contributed by atoms with Crippen molar-refractivity contribution in [2.75, 3.05) is 6.54 Å². The quantitative estimate of drug-likeness (QED) is 0.472. The maximum Gasteiger partial charge on any atom is 0.254 e. The lowest BCUT2D eigenvalue weighted by atomic mass is 10.1. The van der Waals surface area contributed by atoms with E-state index in [0.29, 0.717) is 23.1 Å². The van der Waals surface area contributed by atoms with Crippen LogP contribution >= 0.6 is 11.8 Å². The summed E-state index contributed by atoms with van der Waals surface area (Å²) in [7, 11) is 0. The number of nitrogens with one attached hydrogen (secondary N) is 1. The van der Waals surface area contributed by atoms with Gasteiger partial charge in [-0.25, -0.2) is 4.98 Å². The molecular formula is C22H23N3O2S. The normalized spacial score (nSPS) is 10.6. The zero-order valence-corrected chi connectivity index (χ0v) is 16.6. The number of rotatable bonds is 8. The third-order valence-corrected chi connectivity index (χ3v) is 5.24. The van der Waals surface area contributed by atoms with Crippen LogP contribution in [-0.2, 0) is 23.5 Å². The van der Waals surface area contributed by atoms with Gasteiger partial charge < -0.3 is 5.32 Å². The molecule has 144 valence electrons. The summed E-state index contributed by atoms with van der Waals surface area (Å²) in [6.45, 7) is 2.29. The molecule has 5 nitrogen and oxygen atoms in total. The minimum absolute atomic E-state index is 0.0297. The van der Waals surface area contributed by atoms with Gasteiger partial charge in [0.15, 0.2) is 5.16 Å². The van der Waals surface area contributed by atoms with E-state index in [1.807, 2.05) is 60.7 Å². The van der Waals surface area contributed by atoms with Crippen LogP contribution in [0.3, 0.4) is 0 Å². The highest BCUT2D eigenvalue weighted by Crippen LogP contribution is 2.20. The first-order valence-electron chi connectivity index (χ1n) is 9.17. The molecule has 0 spiro atoms. The molecule has 6 heteroatoms. The van der Waals surface area contributed by atoms with Crippen LogP contribution in [0.1, 0.15) is 16.8 Å². The van der Waals surface area contributed by atoms with Gasteiger partial charge in [-0.15, -0.1) is 0 Å². The molecule has 1 heterocycles. The highest BCUT2D eigenvalue weighted by molar-refractivity contribution is 7.98. The molecular weight excluding hydrogens is 370 g/mol. The Balaban J connectivity index is 1.63. The number of thioether (sulfide) groups is 1. The molecule has 0 radical (unpaired) electrons. The molecule has 0 saturated carbocycles. The minimum atomic E-state index is -0.207. The Labute approximate surface area is 168 Å². The standard InChI is InChI=1S/C22H23N3O2S/c1-17-14-21(27)25(22(24-17)28-16-19-10-6-3-7-11-19)15-20(26)23-13-12-18-8-4-2-5-9-18/h2-11,14H,12-13,15-16H2,1H3,(H,23,26). The molecule has 1 amide bonds. The molecule has 0 unspecified atom stereocenters. The lowest BCUT2D eigenvalue weighted by Crippen LogP contribution is -2.34. The van der Waals surface area contributed by atoms with E-state index in [1.54, 1.807) is 6.92 Å². The highest BCUT2D eigenvalue weighted by Gasteiger charge is 2.12. The number of nitrogens with zero attached hydrogens (tertiary/aromatic N) is 2. The van der Waals surface area contributed by atoms with Crippen LogP contribution in [0.2, 0.25) is 0 Å². The monoisotopic (exact) mass is 393 g/mol. The van der Waals surface area contributed by atoms with Crippen molar-refractivity contribution in [2.45, 2.75) is 30.8 Å². The Morgan fingerprint density at radius 3 is 2.36 bits per heavy atom. The van der Waals surface area contributed by atoms with E-state index in [-0.39, 0.29) is 18.0 Å². The van der Waals surface area contributed by atoms with Crippen molar-refractivity contribution in [3.8, 4) is 0 Å². The molecule has 3 rings (SSSR count). The van der Waals surface area contributed by atoms with E-state index >= 15 is 0 Å². The van der Waals surface area contributed by atoms with E-state index in [1.165, 1.54) is 22.4 Å². The molecule has 1 N–H and O–H groups in total. The lowest BCUT2D eigenvalue weighted by molar-refractivity contribution is -0.121. The molecule has 2 aromatic carbocycles. The van der Waals surface area contributed by atoms with Crippen molar-refractivity contribution in [1.82, 2.24) is 14.9 Å². The Morgan fingerprint density at radius 2 is 1.68 bits per heavy atom. The SMILES string of the molecule is Cc1cc(=O)n(CC(=O)NCCc2ccccc2)c(SCc2ccccc2)n1. The summed E-state index contributed by atoms with van der Waals surface area (Å²) in [5.74, 6) is 0.497. The highest BCUT2D eigenvalue weighted by atomic mass is 32.2. The van der Waals surface area contributed by atoms with Gasteiger partial charge in [0.1, 0.15) is 6.54 Å². The Kier molecular flexibility index (Phi) is 7.03. The Bertz CT molecular complexity index is 972. The summed E-state index contributed by atoms with van der Waals surface area (Å²) in [4.78, 5) is 29.3. The van der Waals surface area contributed by atoms with Gasteiger partial charge >= 0.3 is 0 Å².